The molecule has 0 aromatic heterocycles. The van der Waals surface area contributed by atoms with Crippen molar-refractivity contribution in [1.29, 1.82) is 0 Å². The second-order valence-electron chi connectivity index (χ2n) is 22.0. The maximum Gasteiger partial charge on any atom is 0.329 e. The highest BCUT2D eigenvalue weighted by molar-refractivity contribution is 6.39. The number of hydrogen-bond acceptors (Lipinski definition) is 15. The van der Waals surface area contributed by atoms with Gasteiger partial charge in [0.05, 0.1) is 31.5 Å². The zero-order valence-electron chi connectivity index (χ0n) is 45.6. The summed E-state index contributed by atoms with van der Waals surface area (Å²) in [6.07, 6.45) is 11.5. The molecule has 1 amide bonds. The first-order valence-corrected chi connectivity index (χ1v) is 26.5. The first kappa shape index (κ1) is 61.7. The number of nitrogens with zero attached hydrogens (tertiary/aromatic N) is 1. The maximum absolute atomic E-state index is 14.6. The van der Waals surface area contributed by atoms with E-state index < -0.39 is 115 Å². The number of amides is 1. The fourth-order valence-electron chi connectivity index (χ4n) is 10.8. The summed E-state index contributed by atoms with van der Waals surface area (Å²) in [7, 11) is 4.62. The van der Waals surface area contributed by atoms with Gasteiger partial charge in [-0.3, -0.25) is 19.2 Å². The summed E-state index contributed by atoms with van der Waals surface area (Å²) in [4.78, 5) is 71.8. The van der Waals surface area contributed by atoms with Gasteiger partial charge in [0.2, 0.25) is 5.79 Å². The Morgan fingerprint density at radius 2 is 1.59 bits per heavy atom. The number of esters is 2. The lowest BCUT2D eigenvalue weighted by atomic mass is 9.78. The van der Waals surface area contributed by atoms with Crippen molar-refractivity contribution in [1.82, 2.24) is 4.90 Å². The van der Waals surface area contributed by atoms with Gasteiger partial charge in [-0.15, -0.1) is 0 Å². The third-order valence-corrected chi connectivity index (χ3v) is 16.1. The molecular formula is C57H89NO15. The van der Waals surface area contributed by atoms with Gasteiger partial charge >= 0.3 is 11.9 Å². The molecule has 73 heavy (non-hydrogen) atoms. The predicted molar refractivity (Wildman–Crippen MR) is 275 cm³/mol. The molecule has 3 fully saturated rings. The van der Waals surface area contributed by atoms with E-state index in [1.807, 2.05) is 45.1 Å². The molecule has 4 N–H and O–H groups in total. The number of piperidine rings is 1. The van der Waals surface area contributed by atoms with Gasteiger partial charge in [0.25, 0.3) is 11.7 Å². The third kappa shape index (κ3) is 16.1. The maximum atomic E-state index is 14.6. The van der Waals surface area contributed by atoms with Crippen LogP contribution in [0.1, 0.15) is 132 Å². The number of fused-ring (bicyclic) bond motifs is 3. The van der Waals surface area contributed by atoms with Gasteiger partial charge in [-0.2, -0.15) is 0 Å². The summed E-state index contributed by atoms with van der Waals surface area (Å²) in [6, 6.07) is -1.18. The lowest BCUT2D eigenvalue weighted by Gasteiger charge is -2.42. The molecule has 1 aliphatic carbocycles. The summed E-state index contributed by atoms with van der Waals surface area (Å²) in [5.74, 6) is -8.17. The van der Waals surface area contributed by atoms with Crippen LogP contribution >= 0.6 is 0 Å². The number of carbonyl (C=O) groups excluding carboxylic acids is 5. The number of ketones is 2. The number of Topliss-reactive ketones (excluding diaryl/α,β-unsaturated/α-hetero) is 2. The quantitative estimate of drug-likeness (QED) is 0.101. The second-order valence-corrected chi connectivity index (χ2v) is 22.0. The van der Waals surface area contributed by atoms with Crippen molar-refractivity contribution in [3.8, 4) is 0 Å². The highest BCUT2D eigenvalue weighted by Crippen LogP contribution is 2.39. The standard InChI is InChI=1S/C57H89NO15/c1-34-18-14-13-15-19-35(2)47(68-10)30-43-23-21-40(7)57(67,73-43)52(63)53(64)58-25-17-16-20-44(58)54(65)71-48(31-45(61)37(4)27-39(6)50(62)51(70-12)41(8)36(3)26-34)38(5)28-42-22-24-46(49(29-42)69-11)72-55(66)56(9,32-59)33-60/h13-15,18-19,27,34,36-38,40,42-44,46-51,59-60,62,67H,8,16-17,20-26,28-33H2,1-7,9-12H3/b15-13+,18-14+,35-19+,39-27+/t34-,36-,37-,38-,40-,42+,43?,44+,46-,47+,48+,49-,50-,51+,57-/m1/s1. The number of methoxy groups -OCH3 is 3. The Balaban J connectivity index is 1.69. The average Bonchev–Trinajstić information content (AvgIpc) is 3.37. The van der Waals surface area contributed by atoms with Crippen molar-refractivity contribution in [2.24, 2.45) is 40.9 Å². The molecule has 0 spiro atoms. The molecule has 1 saturated carbocycles. The van der Waals surface area contributed by atoms with Crippen LogP contribution in [0.3, 0.4) is 0 Å². The van der Waals surface area contributed by atoms with Crippen molar-refractivity contribution < 1.29 is 72.8 Å². The van der Waals surface area contributed by atoms with Crippen LogP contribution in [0.25, 0.3) is 0 Å². The van der Waals surface area contributed by atoms with E-state index in [1.54, 1.807) is 34.0 Å². The van der Waals surface area contributed by atoms with E-state index in [2.05, 4.69) is 19.6 Å². The number of aliphatic hydroxyl groups excluding tert-OH is 3. The van der Waals surface area contributed by atoms with Gasteiger partial charge in [0.1, 0.15) is 41.7 Å². The first-order valence-electron chi connectivity index (χ1n) is 26.5. The van der Waals surface area contributed by atoms with Crippen LogP contribution in [-0.2, 0) is 52.4 Å². The Bertz CT molecular complexity index is 2010. The zero-order valence-corrected chi connectivity index (χ0v) is 45.6. The molecule has 2 saturated heterocycles. The molecule has 15 atom stereocenters. The summed E-state index contributed by atoms with van der Waals surface area (Å²) in [6.45, 7) is 17.7. The highest BCUT2D eigenvalue weighted by atomic mass is 16.6. The molecule has 4 rings (SSSR count). The van der Waals surface area contributed by atoms with Crippen molar-refractivity contribution in [3.63, 3.8) is 0 Å². The first-order chi connectivity index (χ1) is 34.5. The zero-order chi connectivity index (χ0) is 54.4. The molecule has 4 aliphatic rings. The molecule has 3 aliphatic heterocycles. The van der Waals surface area contributed by atoms with Crippen molar-refractivity contribution >= 4 is 29.4 Å². The molecular weight excluding hydrogens is 939 g/mol. The Kier molecular flexibility index (Phi) is 23.9. The minimum atomic E-state index is -2.45. The van der Waals surface area contributed by atoms with Crippen LogP contribution in [0.5, 0.6) is 0 Å². The number of carbonyl (C=O) groups is 5. The van der Waals surface area contributed by atoms with Crippen LogP contribution in [0.2, 0.25) is 0 Å². The van der Waals surface area contributed by atoms with E-state index in [0.29, 0.717) is 63.4 Å². The van der Waals surface area contributed by atoms with Crippen LogP contribution in [0.4, 0.5) is 0 Å². The van der Waals surface area contributed by atoms with Crippen molar-refractivity contribution in [2.45, 2.75) is 187 Å². The number of aliphatic hydroxyl groups is 4. The highest BCUT2D eigenvalue weighted by Gasteiger charge is 2.53. The van der Waals surface area contributed by atoms with Crippen molar-refractivity contribution in [3.05, 3.63) is 59.8 Å². The van der Waals surface area contributed by atoms with E-state index in [1.165, 1.54) is 26.0 Å². The fraction of sp³-hybridized carbons (Fsp3) is 0.737. The third-order valence-electron chi connectivity index (χ3n) is 16.1. The van der Waals surface area contributed by atoms with E-state index in [-0.39, 0.29) is 42.9 Å². The van der Waals surface area contributed by atoms with Gasteiger partial charge in [0.15, 0.2) is 0 Å². The van der Waals surface area contributed by atoms with Gasteiger partial charge in [0, 0.05) is 52.6 Å². The topological polar surface area (TPSA) is 225 Å². The molecule has 16 heteroatoms. The minimum Gasteiger partial charge on any atom is -0.460 e. The summed E-state index contributed by atoms with van der Waals surface area (Å²) in [5.41, 5.74) is 0.644. The largest absolute Gasteiger partial charge is 0.460 e. The van der Waals surface area contributed by atoms with E-state index in [4.69, 9.17) is 28.4 Å². The lowest BCUT2D eigenvalue weighted by molar-refractivity contribution is -0.265. The molecule has 0 aromatic carbocycles. The van der Waals surface area contributed by atoms with Crippen LogP contribution < -0.4 is 0 Å². The monoisotopic (exact) mass is 1030 g/mol. The number of cyclic esters (lactones) is 1. The summed E-state index contributed by atoms with van der Waals surface area (Å²) in [5, 5.41) is 43.3. The Morgan fingerprint density at radius 1 is 0.890 bits per heavy atom. The van der Waals surface area contributed by atoms with Crippen LogP contribution in [0.15, 0.2) is 59.8 Å². The second kappa shape index (κ2) is 28.3. The Morgan fingerprint density at radius 3 is 2.23 bits per heavy atom. The molecule has 412 valence electrons. The van der Waals surface area contributed by atoms with Gasteiger partial charge < -0.3 is 53.7 Å². The minimum absolute atomic E-state index is 0.0149. The van der Waals surface area contributed by atoms with Crippen LogP contribution in [0, 0.1) is 40.9 Å². The van der Waals surface area contributed by atoms with Gasteiger partial charge in [-0.05, 0) is 125 Å². The van der Waals surface area contributed by atoms with E-state index in [9.17, 15) is 44.4 Å². The van der Waals surface area contributed by atoms with E-state index >= 15 is 0 Å². The van der Waals surface area contributed by atoms with Crippen molar-refractivity contribution in [2.75, 3.05) is 41.1 Å². The fourth-order valence-corrected chi connectivity index (χ4v) is 10.8. The lowest BCUT2D eigenvalue weighted by Crippen LogP contribution is -2.61. The number of rotatable bonds is 10. The normalized spacial score (nSPS) is 37.4. The molecule has 0 aromatic rings. The smallest absolute Gasteiger partial charge is 0.329 e. The number of ether oxygens (including phenoxy) is 6. The number of allylic oxidation sites excluding steroid dienone is 6. The van der Waals surface area contributed by atoms with Gasteiger partial charge in [-0.1, -0.05) is 77.7 Å². The Labute approximate surface area is 434 Å². The molecule has 16 nitrogen and oxygen atoms in total. The SMILES string of the molecule is C=C1[C@H](C)C[C@H](C)/C=C/C=C/C=C(\C)[C@@H](OC)CC2CC[C@@H](C)[C@@](O)(O2)C(=O)C(=O)N2CCCC[C@H]2C(=O)O[C@H]([C@H](C)C[C@@H]2CC[C@@H](OC(=O)C(C)(CO)CO)[C@H](OC)C2)CC(=O)[C@H](C)/C=C(\C)[C@@H](O)[C@H]1OC. The summed E-state index contributed by atoms with van der Waals surface area (Å²) < 4.78 is 35.8. The molecule has 3 heterocycles. The van der Waals surface area contributed by atoms with Crippen LogP contribution in [-0.4, -0.2) is 150 Å². The van der Waals surface area contributed by atoms with Gasteiger partial charge in [-0.25, -0.2) is 4.79 Å². The molecule has 0 radical (unpaired) electrons. The van der Waals surface area contributed by atoms with E-state index in [0.717, 1.165) is 17.6 Å². The summed E-state index contributed by atoms with van der Waals surface area (Å²) >= 11 is 0. The number of hydrogen-bond donors (Lipinski definition) is 4. The predicted octanol–water partition coefficient (Wildman–Crippen LogP) is 6.71. The average molecular weight is 1030 g/mol. The molecule has 2 bridgehead atoms. The Hall–Kier alpha value is -3.87. The molecule has 1 unspecified atom stereocenters.